The zero-order valence-electron chi connectivity index (χ0n) is 16.5. The van der Waals surface area contributed by atoms with Gasteiger partial charge in [0.2, 0.25) is 0 Å². The van der Waals surface area contributed by atoms with Gasteiger partial charge in [0.25, 0.3) is 5.91 Å². The van der Waals surface area contributed by atoms with Gasteiger partial charge < -0.3 is 14.5 Å². The predicted octanol–water partition coefficient (Wildman–Crippen LogP) is 3.89. The van der Waals surface area contributed by atoms with Crippen molar-refractivity contribution in [3.8, 4) is 5.75 Å². The van der Waals surface area contributed by atoms with Crippen LogP contribution in [0.2, 0.25) is 0 Å². The highest BCUT2D eigenvalue weighted by Crippen LogP contribution is 2.23. The van der Waals surface area contributed by atoms with Crippen molar-refractivity contribution in [2.75, 3.05) is 33.2 Å². The summed E-state index contributed by atoms with van der Waals surface area (Å²) >= 11 is 0. The second kappa shape index (κ2) is 7.66. The molecule has 3 aromatic rings. The number of fused-ring (bicyclic) bond motifs is 1. The molecule has 1 amide bonds. The molecule has 0 radical (unpaired) electrons. The standard InChI is InChI=1S/C22H25N3O2/c1-15-20(12-17-8-11-19(27-5)13-21(17)23-15)22(26)25(4)14-16-6-9-18(10-7-16)24(2)3/h6-13H,14H2,1-5H3. The van der Waals surface area contributed by atoms with E-state index in [4.69, 9.17) is 4.74 Å². The molecule has 5 nitrogen and oxygen atoms in total. The Morgan fingerprint density at radius 1 is 1.04 bits per heavy atom. The summed E-state index contributed by atoms with van der Waals surface area (Å²) in [5, 5.41) is 0.925. The molecule has 0 aliphatic rings. The van der Waals surface area contributed by atoms with Crippen LogP contribution >= 0.6 is 0 Å². The van der Waals surface area contributed by atoms with E-state index in [-0.39, 0.29) is 5.91 Å². The minimum Gasteiger partial charge on any atom is -0.497 e. The van der Waals surface area contributed by atoms with Gasteiger partial charge in [-0.3, -0.25) is 9.78 Å². The van der Waals surface area contributed by atoms with E-state index in [2.05, 4.69) is 34.1 Å². The van der Waals surface area contributed by atoms with Gasteiger partial charge in [0.05, 0.1) is 23.9 Å². The number of hydrogen-bond acceptors (Lipinski definition) is 4. The van der Waals surface area contributed by atoms with E-state index in [1.54, 1.807) is 12.0 Å². The molecule has 0 saturated carbocycles. The van der Waals surface area contributed by atoms with E-state index >= 15 is 0 Å². The molecule has 0 unspecified atom stereocenters. The van der Waals surface area contributed by atoms with E-state index in [0.717, 1.165) is 33.6 Å². The number of carbonyl (C=O) groups is 1. The van der Waals surface area contributed by atoms with Crippen LogP contribution in [0.1, 0.15) is 21.6 Å². The van der Waals surface area contributed by atoms with Gasteiger partial charge in [0, 0.05) is 44.8 Å². The quantitative estimate of drug-likeness (QED) is 0.690. The molecular weight excluding hydrogens is 338 g/mol. The third-order valence-corrected chi connectivity index (χ3v) is 4.66. The Labute approximate surface area is 160 Å². The van der Waals surface area contributed by atoms with Crippen LogP contribution in [0.4, 0.5) is 5.69 Å². The van der Waals surface area contributed by atoms with Gasteiger partial charge in [-0.1, -0.05) is 12.1 Å². The van der Waals surface area contributed by atoms with Crippen molar-refractivity contribution < 1.29 is 9.53 Å². The molecule has 0 spiro atoms. The van der Waals surface area contributed by atoms with Gasteiger partial charge >= 0.3 is 0 Å². The maximum Gasteiger partial charge on any atom is 0.255 e. The molecule has 0 bridgehead atoms. The topological polar surface area (TPSA) is 45.7 Å². The van der Waals surface area contributed by atoms with Crippen molar-refractivity contribution in [2.24, 2.45) is 0 Å². The van der Waals surface area contributed by atoms with Crippen LogP contribution < -0.4 is 9.64 Å². The molecule has 1 heterocycles. The minimum absolute atomic E-state index is 0.0330. The minimum atomic E-state index is -0.0330. The Morgan fingerprint density at radius 2 is 1.74 bits per heavy atom. The number of carbonyl (C=O) groups excluding carboxylic acids is 1. The fourth-order valence-electron chi connectivity index (χ4n) is 3.04. The van der Waals surface area contributed by atoms with Crippen LogP contribution in [0.5, 0.6) is 5.75 Å². The number of aryl methyl sites for hydroxylation is 1. The smallest absolute Gasteiger partial charge is 0.255 e. The van der Waals surface area contributed by atoms with E-state index in [1.807, 2.05) is 52.3 Å². The summed E-state index contributed by atoms with van der Waals surface area (Å²) in [7, 11) is 7.47. The highest BCUT2D eigenvalue weighted by Gasteiger charge is 2.16. The number of ether oxygens (including phenoxy) is 1. The van der Waals surface area contributed by atoms with E-state index in [9.17, 15) is 4.79 Å². The largest absolute Gasteiger partial charge is 0.497 e. The van der Waals surface area contributed by atoms with Gasteiger partial charge in [0.1, 0.15) is 5.75 Å². The molecule has 0 saturated heterocycles. The Balaban J connectivity index is 1.82. The van der Waals surface area contributed by atoms with Crippen molar-refractivity contribution in [3.63, 3.8) is 0 Å². The summed E-state index contributed by atoms with van der Waals surface area (Å²) in [6.45, 7) is 2.42. The molecule has 0 fully saturated rings. The lowest BCUT2D eigenvalue weighted by molar-refractivity contribution is 0.0784. The molecule has 1 aromatic heterocycles. The van der Waals surface area contributed by atoms with Crippen LogP contribution in [0.15, 0.2) is 48.5 Å². The molecule has 140 valence electrons. The highest BCUT2D eigenvalue weighted by molar-refractivity contribution is 5.98. The summed E-state index contributed by atoms with van der Waals surface area (Å²) < 4.78 is 5.25. The van der Waals surface area contributed by atoms with Crippen molar-refractivity contribution in [3.05, 3.63) is 65.4 Å². The zero-order chi connectivity index (χ0) is 19.6. The first kappa shape index (κ1) is 18.7. The fraction of sp³-hybridized carbons (Fsp3) is 0.273. The number of benzene rings is 2. The van der Waals surface area contributed by atoms with Crippen molar-refractivity contribution in [1.29, 1.82) is 0 Å². The Kier molecular flexibility index (Phi) is 5.31. The van der Waals surface area contributed by atoms with Gasteiger partial charge in [-0.15, -0.1) is 0 Å². The van der Waals surface area contributed by atoms with Crippen molar-refractivity contribution >= 4 is 22.5 Å². The average molecular weight is 363 g/mol. The number of rotatable bonds is 5. The van der Waals surface area contributed by atoms with Gasteiger partial charge in [-0.05, 0) is 42.8 Å². The fourth-order valence-corrected chi connectivity index (χ4v) is 3.04. The number of amides is 1. The predicted molar refractivity (Wildman–Crippen MR) is 110 cm³/mol. The molecule has 0 atom stereocenters. The number of nitrogens with zero attached hydrogens (tertiary/aromatic N) is 3. The number of hydrogen-bond donors (Lipinski definition) is 0. The van der Waals surface area contributed by atoms with E-state index in [1.165, 1.54) is 0 Å². The van der Waals surface area contributed by atoms with Gasteiger partial charge in [0.15, 0.2) is 0 Å². The van der Waals surface area contributed by atoms with Crippen LogP contribution in [-0.2, 0) is 6.54 Å². The van der Waals surface area contributed by atoms with Crippen LogP contribution in [0.25, 0.3) is 10.9 Å². The number of methoxy groups -OCH3 is 1. The lowest BCUT2D eigenvalue weighted by atomic mass is 10.1. The van der Waals surface area contributed by atoms with Crippen LogP contribution in [-0.4, -0.2) is 44.0 Å². The summed E-state index contributed by atoms with van der Waals surface area (Å²) in [5.41, 5.74) is 4.39. The summed E-state index contributed by atoms with van der Waals surface area (Å²) in [6, 6.07) is 15.8. The molecule has 5 heteroatoms. The maximum atomic E-state index is 13.0. The zero-order valence-corrected chi connectivity index (χ0v) is 16.5. The first-order chi connectivity index (χ1) is 12.9. The third-order valence-electron chi connectivity index (χ3n) is 4.66. The second-order valence-electron chi connectivity index (χ2n) is 6.90. The van der Waals surface area contributed by atoms with Gasteiger partial charge in [-0.25, -0.2) is 0 Å². The first-order valence-corrected chi connectivity index (χ1v) is 8.86. The van der Waals surface area contributed by atoms with Crippen molar-refractivity contribution in [2.45, 2.75) is 13.5 Å². The molecule has 3 rings (SSSR count). The monoisotopic (exact) mass is 363 g/mol. The number of pyridine rings is 1. The molecule has 0 N–H and O–H groups in total. The molecule has 0 aliphatic heterocycles. The van der Waals surface area contributed by atoms with Gasteiger partial charge in [-0.2, -0.15) is 0 Å². The van der Waals surface area contributed by atoms with Crippen LogP contribution in [0.3, 0.4) is 0 Å². The van der Waals surface area contributed by atoms with E-state index in [0.29, 0.717) is 12.1 Å². The summed E-state index contributed by atoms with van der Waals surface area (Å²) in [6.07, 6.45) is 0. The van der Waals surface area contributed by atoms with Crippen LogP contribution in [0, 0.1) is 6.92 Å². The highest BCUT2D eigenvalue weighted by atomic mass is 16.5. The van der Waals surface area contributed by atoms with Crippen molar-refractivity contribution in [1.82, 2.24) is 9.88 Å². The number of anilines is 1. The Bertz CT molecular complexity index is 965. The third kappa shape index (κ3) is 4.03. The van der Waals surface area contributed by atoms with E-state index < -0.39 is 0 Å². The second-order valence-corrected chi connectivity index (χ2v) is 6.90. The lowest BCUT2D eigenvalue weighted by Crippen LogP contribution is -2.27. The SMILES string of the molecule is COc1ccc2cc(C(=O)N(C)Cc3ccc(N(C)C)cc3)c(C)nc2c1. The molecule has 2 aromatic carbocycles. The molecular formula is C22H25N3O2. The average Bonchev–Trinajstić information content (AvgIpc) is 2.66. The normalized spacial score (nSPS) is 10.7. The maximum absolute atomic E-state index is 13.0. The lowest BCUT2D eigenvalue weighted by Gasteiger charge is -2.19. The number of aromatic nitrogens is 1. The Morgan fingerprint density at radius 3 is 2.37 bits per heavy atom. The molecule has 27 heavy (non-hydrogen) atoms. The summed E-state index contributed by atoms with van der Waals surface area (Å²) in [5.74, 6) is 0.723. The Hall–Kier alpha value is -3.08. The summed E-state index contributed by atoms with van der Waals surface area (Å²) in [4.78, 5) is 21.3. The molecule has 0 aliphatic carbocycles. The first-order valence-electron chi connectivity index (χ1n) is 8.86.